The van der Waals surface area contributed by atoms with Crippen molar-refractivity contribution in [3.8, 4) is 0 Å². The monoisotopic (exact) mass is 324 g/mol. The molecule has 19 heavy (non-hydrogen) atoms. The van der Waals surface area contributed by atoms with Crippen LogP contribution in [0.1, 0.15) is 5.56 Å². The van der Waals surface area contributed by atoms with E-state index < -0.39 is 0 Å². The summed E-state index contributed by atoms with van der Waals surface area (Å²) in [7, 11) is 1.77. The molecule has 0 saturated carbocycles. The molecule has 1 aromatic carbocycles. The molecule has 4 nitrogen and oxygen atoms in total. The van der Waals surface area contributed by atoms with E-state index in [2.05, 4.69) is 36.5 Å². The molecule has 0 radical (unpaired) electrons. The van der Waals surface area contributed by atoms with Crippen molar-refractivity contribution in [2.75, 3.05) is 24.2 Å². The molecule has 1 aromatic heterocycles. The van der Waals surface area contributed by atoms with Gasteiger partial charge in [0.2, 0.25) is 5.95 Å². The minimum absolute atomic E-state index is 0.214. The van der Waals surface area contributed by atoms with E-state index in [0.29, 0.717) is 12.5 Å². The van der Waals surface area contributed by atoms with Gasteiger partial charge in [-0.25, -0.2) is 9.37 Å². The van der Waals surface area contributed by atoms with E-state index in [1.807, 2.05) is 0 Å². The zero-order chi connectivity index (χ0) is 13.7. The van der Waals surface area contributed by atoms with Gasteiger partial charge >= 0.3 is 0 Å². The maximum atomic E-state index is 12.8. The molecule has 2 aromatic rings. The predicted octanol–water partition coefficient (Wildman–Crippen LogP) is 3.07. The number of aromatic nitrogens is 2. The summed E-state index contributed by atoms with van der Waals surface area (Å²) in [5, 5.41) is 6.10. The fourth-order valence-electron chi connectivity index (χ4n) is 1.59. The molecule has 0 saturated heterocycles. The van der Waals surface area contributed by atoms with Crippen LogP contribution in [0.3, 0.4) is 0 Å². The van der Waals surface area contributed by atoms with E-state index in [1.54, 1.807) is 25.4 Å². The van der Waals surface area contributed by atoms with Crippen LogP contribution in [0.5, 0.6) is 0 Å². The molecular weight excluding hydrogens is 311 g/mol. The Bertz CT molecular complexity index is 545. The van der Waals surface area contributed by atoms with Gasteiger partial charge in [-0.3, -0.25) is 0 Å². The highest BCUT2D eigenvalue weighted by Crippen LogP contribution is 2.19. The van der Waals surface area contributed by atoms with Crippen LogP contribution >= 0.6 is 15.9 Å². The van der Waals surface area contributed by atoms with Crippen molar-refractivity contribution in [2.45, 2.75) is 6.42 Å². The minimum atomic E-state index is -0.214. The summed E-state index contributed by atoms with van der Waals surface area (Å²) in [6.07, 6.45) is 2.49. The first-order valence-electron chi connectivity index (χ1n) is 5.87. The molecule has 0 aliphatic carbocycles. The van der Waals surface area contributed by atoms with Gasteiger partial charge in [-0.05, 0) is 40.0 Å². The molecule has 0 bridgehead atoms. The number of halogens is 2. The number of nitrogens with one attached hydrogen (secondary N) is 2. The van der Waals surface area contributed by atoms with Crippen molar-refractivity contribution in [3.63, 3.8) is 0 Å². The first-order valence-corrected chi connectivity index (χ1v) is 6.67. The molecule has 1 heterocycles. The van der Waals surface area contributed by atoms with Gasteiger partial charge in [-0.1, -0.05) is 12.1 Å². The highest BCUT2D eigenvalue weighted by molar-refractivity contribution is 9.10. The Kier molecular flexibility index (Phi) is 4.68. The smallest absolute Gasteiger partial charge is 0.224 e. The number of anilines is 2. The van der Waals surface area contributed by atoms with Gasteiger partial charge in [0.1, 0.15) is 11.6 Å². The highest BCUT2D eigenvalue weighted by atomic mass is 79.9. The van der Waals surface area contributed by atoms with Crippen LogP contribution in [0.2, 0.25) is 0 Å². The number of nitrogens with zero attached hydrogens (tertiary/aromatic N) is 2. The molecule has 2 N–H and O–H groups in total. The van der Waals surface area contributed by atoms with Crippen LogP contribution in [0, 0.1) is 5.82 Å². The normalized spacial score (nSPS) is 10.3. The van der Waals surface area contributed by atoms with Crippen molar-refractivity contribution in [1.82, 2.24) is 9.97 Å². The predicted molar refractivity (Wildman–Crippen MR) is 77.9 cm³/mol. The molecular formula is C13H14BrFN4. The highest BCUT2D eigenvalue weighted by Gasteiger charge is 2.03. The largest absolute Gasteiger partial charge is 0.369 e. The first kappa shape index (κ1) is 13.7. The van der Waals surface area contributed by atoms with E-state index in [9.17, 15) is 4.39 Å². The van der Waals surface area contributed by atoms with Crippen molar-refractivity contribution in [3.05, 3.63) is 46.3 Å². The third-order valence-corrected chi connectivity index (χ3v) is 3.17. The molecule has 0 unspecified atom stereocenters. The van der Waals surface area contributed by atoms with Crippen LogP contribution in [-0.2, 0) is 6.42 Å². The summed E-state index contributed by atoms with van der Waals surface area (Å²) in [6.45, 7) is 0.713. The van der Waals surface area contributed by atoms with Crippen LogP contribution in [0.15, 0.2) is 34.9 Å². The summed E-state index contributed by atoms with van der Waals surface area (Å²) in [5.41, 5.74) is 1.08. The lowest BCUT2D eigenvalue weighted by atomic mass is 10.1. The Morgan fingerprint density at radius 1 is 1.26 bits per heavy atom. The molecule has 100 valence electrons. The first-order chi connectivity index (χ1) is 9.19. The van der Waals surface area contributed by atoms with Crippen LogP contribution in [0.4, 0.5) is 16.2 Å². The molecule has 6 heteroatoms. The summed E-state index contributed by atoms with van der Waals surface area (Å²) in [4.78, 5) is 8.38. The van der Waals surface area contributed by atoms with Gasteiger partial charge in [0, 0.05) is 19.8 Å². The Morgan fingerprint density at radius 2 is 2.00 bits per heavy atom. The lowest BCUT2D eigenvalue weighted by Gasteiger charge is -2.08. The van der Waals surface area contributed by atoms with E-state index in [-0.39, 0.29) is 5.82 Å². The van der Waals surface area contributed by atoms with Gasteiger partial charge in [-0.15, -0.1) is 0 Å². The average molecular weight is 325 g/mol. The topological polar surface area (TPSA) is 49.8 Å². The summed E-state index contributed by atoms with van der Waals surface area (Å²) < 4.78 is 13.6. The van der Waals surface area contributed by atoms with Crippen molar-refractivity contribution in [2.24, 2.45) is 0 Å². The SMILES string of the molecule is CNc1ncc(Br)c(NCCc2ccc(F)cc2)n1. The van der Waals surface area contributed by atoms with Gasteiger partial charge in [0.25, 0.3) is 0 Å². The maximum absolute atomic E-state index is 12.8. The molecule has 0 fully saturated rings. The lowest BCUT2D eigenvalue weighted by Crippen LogP contribution is -2.08. The van der Waals surface area contributed by atoms with Crippen molar-refractivity contribution in [1.29, 1.82) is 0 Å². The van der Waals surface area contributed by atoms with E-state index in [4.69, 9.17) is 0 Å². The molecule has 0 amide bonds. The third-order valence-electron chi connectivity index (χ3n) is 2.59. The molecule has 0 atom stereocenters. The zero-order valence-corrected chi connectivity index (χ0v) is 12.0. The number of benzene rings is 1. The fourth-order valence-corrected chi connectivity index (χ4v) is 1.92. The van der Waals surface area contributed by atoms with Crippen LogP contribution in [-0.4, -0.2) is 23.6 Å². The van der Waals surface area contributed by atoms with Crippen molar-refractivity contribution < 1.29 is 4.39 Å². The van der Waals surface area contributed by atoms with Gasteiger partial charge in [0.15, 0.2) is 0 Å². The Balaban J connectivity index is 1.93. The second kappa shape index (κ2) is 6.47. The second-order valence-electron chi connectivity index (χ2n) is 3.94. The summed E-state index contributed by atoms with van der Waals surface area (Å²) in [5.74, 6) is 1.09. The summed E-state index contributed by atoms with van der Waals surface area (Å²) >= 11 is 3.39. The second-order valence-corrected chi connectivity index (χ2v) is 4.80. The fraction of sp³-hybridized carbons (Fsp3) is 0.231. The molecule has 0 spiro atoms. The lowest BCUT2D eigenvalue weighted by molar-refractivity contribution is 0.627. The van der Waals surface area contributed by atoms with Gasteiger partial charge in [0.05, 0.1) is 4.47 Å². The molecule has 0 aliphatic rings. The number of rotatable bonds is 5. The standard InChI is InChI=1S/C13H14BrFN4/c1-16-13-18-8-11(14)12(19-13)17-7-6-9-2-4-10(15)5-3-9/h2-5,8H,6-7H2,1H3,(H2,16,17,18,19). The van der Waals surface area contributed by atoms with Gasteiger partial charge < -0.3 is 10.6 Å². The van der Waals surface area contributed by atoms with E-state index >= 15 is 0 Å². The Morgan fingerprint density at radius 3 is 2.68 bits per heavy atom. The molecule has 2 rings (SSSR count). The van der Waals surface area contributed by atoms with Gasteiger partial charge in [-0.2, -0.15) is 4.98 Å². The zero-order valence-electron chi connectivity index (χ0n) is 10.5. The van der Waals surface area contributed by atoms with E-state index in [1.165, 1.54) is 12.1 Å². The van der Waals surface area contributed by atoms with Crippen LogP contribution < -0.4 is 10.6 Å². The average Bonchev–Trinajstić information content (AvgIpc) is 2.43. The Hall–Kier alpha value is -1.69. The minimum Gasteiger partial charge on any atom is -0.369 e. The third kappa shape index (κ3) is 3.89. The maximum Gasteiger partial charge on any atom is 0.224 e. The molecule has 0 aliphatic heterocycles. The number of hydrogen-bond donors (Lipinski definition) is 2. The quantitative estimate of drug-likeness (QED) is 0.887. The van der Waals surface area contributed by atoms with Crippen molar-refractivity contribution >= 4 is 27.7 Å². The van der Waals surface area contributed by atoms with E-state index in [0.717, 1.165) is 22.3 Å². The van der Waals surface area contributed by atoms with Crippen LogP contribution in [0.25, 0.3) is 0 Å². The number of hydrogen-bond acceptors (Lipinski definition) is 4. The summed E-state index contributed by atoms with van der Waals surface area (Å²) in [6, 6.07) is 6.50. The Labute approximate surface area is 119 Å².